The number of hydrogen-bond acceptors (Lipinski definition) is 9. The van der Waals surface area contributed by atoms with E-state index in [1.54, 1.807) is 13.3 Å². The smallest absolute Gasteiger partial charge is 0.229 e. The van der Waals surface area contributed by atoms with Crippen LogP contribution >= 0.6 is 23.5 Å². The molecule has 2 aromatic carbocycles. The summed E-state index contributed by atoms with van der Waals surface area (Å²) in [5.74, 6) is 2.26. The number of rotatable bonds is 13. The van der Waals surface area contributed by atoms with E-state index in [4.69, 9.17) is 21.1 Å². The van der Waals surface area contributed by atoms with Crippen LogP contribution in [-0.2, 0) is 0 Å². The van der Waals surface area contributed by atoms with Gasteiger partial charge in [-0.05, 0) is 56.4 Å². The van der Waals surface area contributed by atoms with Gasteiger partial charge in [-0.25, -0.2) is 4.98 Å². The van der Waals surface area contributed by atoms with Crippen molar-refractivity contribution in [2.45, 2.75) is 18.7 Å². The van der Waals surface area contributed by atoms with Crippen molar-refractivity contribution in [2.24, 2.45) is 0 Å². The zero-order valence-electron chi connectivity index (χ0n) is 19.9. The van der Waals surface area contributed by atoms with Gasteiger partial charge in [0.25, 0.3) is 0 Å². The zero-order chi connectivity index (χ0) is 24.3. The first-order valence-electron chi connectivity index (χ1n) is 11.1. The van der Waals surface area contributed by atoms with Crippen LogP contribution in [0.25, 0.3) is 0 Å². The average Bonchev–Trinajstić information content (AvgIpc) is 2.85. The fourth-order valence-corrected chi connectivity index (χ4v) is 3.97. The number of benzene rings is 2. The monoisotopic (exact) mass is 502 g/mol. The second kappa shape index (κ2) is 13.2. The molecular formula is C24H31ClN6O2S. The number of likely N-dealkylation sites (N-methyl/N-ethyl adjacent to an activating group) is 1. The van der Waals surface area contributed by atoms with Crippen LogP contribution in [0, 0.1) is 0 Å². The topological polar surface area (TPSA) is 83.6 Å². The molecule has 1 aromatic heterocycles. The van der Waals surface area contributed by atoms with Crippen molar-refractivity contribution in [3.63, 3.8) is 0 Å². The molecule has 0 bridgehead atoms. The third-order valence-electron chi connectivity index (χ3n) is 5.08. The third kappa shape index (κ3) is 7.14. The molecule has 0 aliphatic rings. The van der Waals surface area contributed by atoms with Crippen LogP contribution in [0.3, 0.4) is 0 Å². The van der Waals surface area contributed by atoms with Crippen molar-refractivity contribution < 1.29 is 9.47 Å². The lowest BCUT2D eigenvalue weighted by molar-refractivity contribution is 0.223. The average molecular weight is 503 g/mol. The minimum absolute atomic E-state index is 0.379. The van der Waals surface area contributed by atoms with E-state index in [9.17, 15) is 0 Å². The Bertz CT molecular complexity index is 1070. The molecule has 0 unspecified atom stereocenters. The summed E-state index contributed by atoms with van der Waals surface area (Å²) in [6.07, 6.45) is 1.56. The first-order chi connectivity index (χ1) is 16.6. The van der Waals surface area contributed by atoms with E-state index in [0.717, 1.165) is 36.0 Å². The highest BCUT2D eigenvalue weighted by atomic mass is 35.5. The largest absolute Gasteiger partial charge is 0.495 e. The molecular weight excluding hydrogens is 472 g/mol. The Balaban J connectivity index is 1.77. The Kier molecular flexibility index (Phi) is 10.1. The zero-order valence-corrected chi connectivity index (χ0v) is 21.5. The van der Waals surface area contributed by atoms with Gasteiger partial charge in [0.2, 0.25) is 5.95 Å². The highest BCUT2D eigenvalue weighted by Gasteiger charge is 2.12. The van der Waals surface area contributed by atoms with Gasteiger partial charge in [-0.2, -0.15) is 4.98 Å². The quantitative estimate of drug-likeness (QED) is 0.259. The van der Waals surface area contributed by atoms with Crippen LogP contribution < -0.4 is 24.8 Å². The molecule has 0 atom stereocenters. The summed E-state index contributed by atoms with van der Waals surface area (Å²) in [4.78, 5) is 12.2. The first-order valence-corrected chi connectivity index (χ1v) is 12.3. The fourth-order valence-electron chi connectivity index (χ4n) is 3.24. The second-order valence-corrected chi connectivity index (χ2v) is 8.64. The minimum Gasteiger partial charge on any atom is -0.495 e. The maximum atomic E-state index is 6.38. The molecule has 3 N–H and O–H groups in total. The van der Waals surface area contributed by atoms with Crippen LogP contribution in [-0.4, -0.2) is 55.3 Å². The molecule has 0 aliphatic heterocycles. The molecule has 34 heavy (non-hydrogen) atoms. The van der Waals surface area contributed by atoms with Crippen molar-refractivity contribution in [2.75, 3.05) is 51.0 Å². The van der Waals surface area contributed by atoms with Gasteiger partial charge < -0.3 is 25.0 Å². The van der Waals surface area contributed by atoms with Gasteiger partial charge in [-0.1, -0.05) is 37.6 Å². The molecule has 8 nitrogen and oxygen atoms in total. The van der Waals surface area contributed by atoms with Gasteiger partial charge >= 0.3 is 0 Å². The van der Waals surface area contributed by atoms with Crippen LogP contribution in [0.4, 0.5) is 23.1 Å². The molecule has 3 rings (SSSR count). The van der Waals surface area contributed by atoms with E-state index in [1.165, 1.54) is 11.9 Å². The molecule has 3 aromatic rings. The summed E-state index contributed by atoms with van der Waals surface area (Å²) in [5.41, 5.74) is 1.58. The standard InChI is InChI=1S/C24H31ClN6O2S/c1-5-31(6-2)13-14-33-17-11-12-21(32-4)20(15-17)29-24-27-16-18(25)23(30-24)28-19-9-7-8-10-22(19)34-26-3/h7-12,15-16,26H,5-6,13-14H2,1-4H3,(H2,27,28,29,30). The molecule has 0 saturated carbocycles. The van der Waals surface area contributed by atoms with E-state index in [2.05, 4.69) is 44.1 Å². The van der Waals surface area contributed by atoms with Gasteiger partial charge in [0, 0.05) is 17.5 Å². The summed E-state index contributed by atoms with van der Waals surface area (Å²) >= 11 is 7.89. The molecule has 0 radical (unpaired) electrons. The number of aromatic nitrogens is 2. The fraction of sp³-hybridized carbons (Fsp3) is 0.333. The molecule has 0 spiro atoms. The van der Waals surface area contributed by atoms with Crippen LogP contribution in [0.15, 0.2) is 53.6 Å². The summed E-state index contributed by atoms with van der Waals surface area (Å²) in [7, 11) is 3.49. The van der Waals surface area contributed by atoms with Gasteiger partial charge in [-0.15, -0.1) is 0 Å². The summed E-state index contributed by atoms with van der Waals surface area (Å²) in [6.45, 7) is 7.75. The summed E-state index contributed by atoms with van der Waals surface area (Å²) in [6, 6.07) is 13.5. The van der Waals surface area contributed by atoms with E-state index in [0.29, 0.717) is 34.8 Å². The number of para-hydroxylation sites is 1. The number of halogens is 1. The number of anilines is 4. The Labute approximate surface area is 210 Å². The van der Waals surface area contributed by atoms with Gasteiger partial charge in [0.15, 0.2) is 5.82 Å². The maximum absolute atomic E-state index is 6.38. The van der Waals surface area contributed by atoms with E-state index < -0.39 is 0 Å². The lowest BCUT2D eigenvalue weighted by Crippen LogP contribution is -2.27. The highest BCUT2D eigenvalue weighted by molar-refractivity contribution is 7.97. The molecule has 0 fully saturated rings. The molecule has 0 aliphatic carbocycles. The molecule has 1 heterocycles. The van der Waals surface area contributed by atoms with Crippen molar-refractivity contribution >= 4 is 46.7 Å². The van der Waals surface area contributed by atoms with Gasteiger partial charge in [0.1, 0.15) is 23.1 Å². The predicted octanol–water partition coefficient (Wildman–Crippen LogP) is 5.57. The van der Waals surface area contributed by atoms with Gasteiger partial charge in [-0.3, -0.25) is 4.72 Å². The Morgan fingerprint density at radius 2 is 1.85 bits per heavy atom. The van der Waals surface area contributed by atoms with E-state index >= 15 is 0 Å². The van der Waals surface area contributed by atoms with Gasteiger partial charge in [0.05, 0.1) is 24.7 Å². The number of nitrogens with zero attached hydrogens (tertiary/aromatic N) is 3. The Morgan fingerprint density at radius 3 is 2.59 bits per heavy atom. The maximum Gasteiger partial charge on any atom is 0.229 e. The van der Waals surface area contributed by atoms with Crippen molar-refractivity contribution in [3.05, 3.63) is 53.7 Å². The molecule has 10 heteroatoms. The summed E-state index contributed by atoms with van der Waals surface area (Å²) in [5, 5.41) is 6.93. The second-order valence-electron chi connectivity index (χ2n) is 7.18. The summed E-state index contributed by atoms with van der Waals surface area (Å²) < 4.78 is 14.5. The van der Waals surface area contributed by atoms with Crippen molar-refractivity contribution in [1.82, 2.24) is 19.6 Å². The Morgan fingerprint density at radius 1 is 1.06 bits per heavy atom. The van der Waals surface area contributed by atoms with Crippen molar-refractivity contribution in [3.8, 4) is 11.5 Å². The highest BCUT2D eigenvalue weighted by Crippen LogP contribution is 2.33. The normalized spacial score (nSPS) is 10.9. The molecule has 0 amide bonds. The first kappa shape index (κ1) is 25.9. The van der Waals surface area contributed by atoms with Crippen LogP contribution in [0.2, 0.25) is 5.02 Å². The lowest BCUT2D eigenvalue weighted by Gasteiger charge is -2.18. The third-order valence-corrected chi connectivity index (χ3v) is 6.14. The number of methoxy groups -OCH3 is 1. The minimum atomic E-state index is 0.379. The van der Waals surface area contributed by atoms with E-state index in [-0.39, 0.29) is 0 Å². The van der Waals surface area contributed by atoms with E-state index in [1.807, 2.05) is 49.5 Å². The number of ether oxygens (including phenoxy) is 2. The molecule has 0 saturated heterocycles. The molecule has 182 valence electrons. The number of nitrogens with one attached hydrogen (secondary N) is 3. The SMILES string of the molecule is CCN(CC)CCOc1ccc(OC)c(Nc2ncc(Cl)c(Nc3ccccc3SNC)n2)c1. The number of hydrogen-bond donors (Lipinski definition) is 3. The van der Waals surface area contributed by atoms with Crippen LogP contribution in [0.5, 0.6) is 11.5 Å². The van der Waals surface area contributed by atoms with Crippen molar-refractivity contribution in [1.29, 1.82) is 0 Å². The van der Waals surface area contributed by atoms with Crippen LogP contribution in [0.1, 0.15) is 13.8 Å². The Hall–Kier alpha value is -2.72. The predicted molar refractivity (Wildman–Crippen MR) is 141 cm³/mol. The lowest BCUT2D eigenvalue weighted by atomic mass is 10.2.